The van der Waals surface area contributed by atoms with Crippen molar-refractivity contribution in [2.75, 3.05) is 11.9 Å². The largest absolute Gasteiger partial charge is 0.433 e. The topological polar surface area (TPSA) is 106 Å². The molecule has 0 aliphatic carbocycles. The normalized spacial score (nSPS) is 11.9. The number of hydrogen-bond acceptors (Lipinski definition) is 6. The number of fused-ring (bicyclic) bond motifs is 1. The number of hydrogen-bond donors (Lipinski definition) is 2. The molecule has 0 unspecified atom stereocenters. The molecular weight excluding hydrogens is 483 g/mol. The van der Waals surface area contributed by atoms with Gasteiger partial charge in [0.25, 0.3) is 11.8 Å². The SMILES string of the molecule is CCn1cc(NC(=O)c2cc3nc(-c4cccs4)cc(C(F)(F)F)n3n2)c(C(=O)NCC(C)C)n1. The zero-order valence-corrected chi connectivity index (χ0v) is 19.9. The minimum atomic E-state index is -4.73. The molecule has 2 amide bonds. The van der Waals surface area contributed by atoms with E-state index in [-0.39, 0.29) is 34.3 Å². The molecule has 0 aliphatic heterocycles. The number of anilines is 1. The van der Waals surface area contributed by atoms with Crippen molar-refractivity contribution in [3.63, 3.8) is 0 Å². The summed E-state index contributed by atoms with van der Waals surface area (Å²) in [7, 11) is 0. The summed E-state index contributed by atoms with van der Waals surface area (Å²) < 4.78 is 43.4. The van der Waals surface area contributed by atoms with Gasteiger partial charge in [0.15, 0.2) is 22.7 Å². The highest BCUT2D eigenvalue weighted by Gasteiger charge is 2.36. The summed E-state index contributed by atoms with van der Waals surface area (Å²) in [5.74, 6) is -1.06. The smallest absolute Gasteiger partial charge is 0.350 e. The van der Waals surface area contributed by atoms with Crippen molar-refractivity contribution in [1.82, 2.24) is 29.7 Å². The van der Waals surface area contributed by atoms with E-state index < -0.39 is 23.7 Å². The van der Waals surface area contributed by atoms with Crippen molar-refractivity contribution in [3.05, 3.63) is 52.9 Å². The van der Waals surface area contributed by atoms with Crippen LogP contribution in [0.2, 0.25) is 0 Å². The lowest BCUT2D eigenvalue weighted by atomic mass is 10.2. The molecular formula is C22H22F3N7O2S. The molecule has 35 heavy (non-hydrogen) atoms. The predicted octanol–water partition coefficient (Wildman–Crippen LogP) is 4.33. The fourth-order valence-corrected chi connectivity index (χ4v) is 3.93. The van der Waals surface area contributed by atoms with E-state index in [4.69, 9.17) is 0 Å². The van der Waals surface area contributed by atoms with Crippen LogP contribution < -0.4 is 10.6 Å². The number of nitrogens with one attached hydrogen (secondary N) is 2. The first-order valence-electron chi connectivity index (χ1n) is 10.8. The molecule has 4 heterocycles. The first-order valence-corrected chi connectivity index (χ1v) is 11.6. The fraction of sp³-hybridized carbons (Fsp3) is 0.318. The molecule has 13 heteroatoms. The zero-order valence-electron chi connectivity index (χ0n) is 19.1. The molecule has 4 aromatic rings. The second-order valence-corrected chi connectivity index (χ2v) is 9.05. The monoisotopic (exact) mass is 505 g/mol. The highest BCUT2D eigenvalue weighted by molar-refractivity contribution is 7.13. The van der Waals surface area contributed by atoms with Crippen molar-refractivity contribution in [1.29, 1.82) is 0 Å². The number of carbonyl (C=O) groups excluding carboxylic acids is 2. The standard InChI is InChI=1S/C22H22F3N7O2S/c1-4-31-11-15(19(30-31)21(34)26-10-12(2)3)28-20(33)14-9-18-27-13(16-6-5-7-35-16)8-17(22(23,24)25)32(18)29-14/h5-9,11-12H,4,10H2,1-3H3,(H,26,34)(H,28,33). The number of rotatable bonds is 7. The second kappa shape index (κ2) is 9.49. The number of halogens is 3. The summed E-state index contributed by atoms with van der Waals surface area (Å²) in [5, 5.41) is 15.1. The van der Waals surface area contributed by atoms with Crippen LogP contribution in [0.25, 0.3) is 16.2 Å². The Kier molecular flexibility index (Phi) is 6.61. The summed E-state index contributed by atoms with van der Waals surface area (Å²) in [5.41, 5.74) is -1.23. The quantitative estimate of drug-likeness (QED) is 0.389. The van der Waals surface area contributed by atoms with Crippen LogP contribution in [0.15, 0.2) is 35.8 Å². The Labute approximate surface area is 202 Å². The number of carbonyl (C=O) groups is 2. The van der Waals surface area contributed by atoms with Gasteiger partial charge >= 0.3 is 6.18 Å². The fourth-order valence-electron chi connectivity index (χ4n) is 3.25. The molecule has 0 bridgehead atoms. The Bertz CT molecular complexity index is 1370. The number of thiophene rings is 1. The number of aromatic nitrogens is 5. The van der Waals surface area contributed by atoms with Gasteiger partial charge < -0.3 is 10.6 Å². The lowest BCUT2D eigenvalue weighted by Gasteiger charge is -2.10. The third kappa shape index (κ3) is 5.19. The molecule has 0 aromatic carbocycles. The molecule has 0 spiro atoms. The van der Waals surface area contributed by atoms with Crippen molar-refractivity contribution in [3.8, 4) is 10.6 Å². The van der Waals surface area contributed by atoms with Crippen LogP contribution in [-0.4, -0.2) is 42.7 Å². The molecule has 0 saturated carbocycles. The third-order valence-corrected chi connectivity index (χ3v) is 5.84. The van der Waals surface area contributed by atoms with Crippen LogP contribution in [-0.2, 0) is 12.7 Å². The van der Waals surface area contributed by atoms with E-state index in [0.29, 0.717) is 22.5 Å². The van der Waals surface area contributed by atoms with E-state index in [2.05, 4.69) is 25.8 Å². The summed E-state index contributed by atoms with van der Waals surface area (Å²) >= 11 is 1.25. The van der Waals surface area contributed by atoms with Crippen molar-refractivity contribution in [2.24, 2.45) is 5.92 Å². The van der Waals surface area contributed by atoms with Gasteiger partial charge in [-0.15, -0.1) is 11.3 Å². The highest BCUT2D eigenvalue weighted by Crippen LogP contribution is 2.33. The molecule has 0 saturated heterocycles. The van der Waals surface area contributed by atoms with Gasteiger partial charge in [0.2, 0.25) is 0 Å². The van der Waals surface area contributed by atoms with Gasteiger partial charge in [-0.3, -0.25) is 14.3 Å². The van der Waals surface area contributed by atoms with Crippen LogP contribution >= 0.6 is 11.3 Å². The van der Waals surface area contributed by atoms with Crippen molar-refractivity contribution >= 4 is 34.5 Å². The Balaban J connectivity index is 1.68. The van der Waals surface area contributed by atoms with Crippen LogP contribution in [0.1, 0.15) is 47.4 Å². The Morgan fingerprint density at radius 2 is 1.94 bits per heavy atom. The van der Waals surface area contributed by atoms with Gasteiger partial charge in [0.1, 0.15) is 0 Å². The predicted molar refractivity (Wildman–Crippen MR) is 124 cm³/mol. The molecule has 184 valence electrons. The third-order valence-electron chi connectivity index (χ3n) is 4.94. The van der Waals surface area contributed by atoms with Crippen molar-refractivity contribution < 1.29 is 22.8 Å². The van der Waals surface area contributed by atoms with Gasteiger partial charge in [-0.05, 0) is 30.4 Å². The molecule has 0 aliphatic rings. The lowest BCUT2D eigenvalue weighted by molar-refractivity contribution is -0.142. The van der Waals surface area contributed by atoms with Gasteiger partial charge in [-0.1, -0.05) is 19.9 Å². The molecule has 0 fully saturated rings. The maximum atomic E-state index is 13.8. The summed E-state index contributed by atoms with van der Waals surface area (Å²) in [6.45, 7) is 6.54. The zero-order chi connectivity index (χ0) is 25.3. The number of nitrogens with zero attached hydrogens (tertiary/aromatic N) is 5. The number of amides is 2. The van der Waals surface area contributed by atoms with E-state index in [1.807, 2.05) is 20.8 Å². The van der Waals surface area contributed by atoms with Gasteiger partial charge in [-0.25, -0.2) is 9.50 Å². The summed E-state index contributed by atoms with van der Waals surface area (Å²) in [6, 6.07) is 5.44. The Hall–Kier alpha value is -3.74. The van der Waals surface area contributed by atoms with Crippen LogP contribution in [0.3, 0.4) is 0 Å². The second-order valence-electron chi connectivity index (χ2n) is 8.11. The van der Waals surface area contributed by atoms with E-state index in [1.54, 1.807) is 17.5 Å². The van der Waals surface area contributed by atoms with E-state index >= 15 is 0 Å². The van der Waals surface area contributed by atoms with Gasteiger partial charge in [0, 0.05) is 25.4 Å². The lowest BCUT2D eigenvalue weighted by Crippen LogP contribution is -2.28. The minimum Gasteiger partial charge on any atom is -0.350 e. The number of aryl methyl sites for hydroxylation is 1. The van der Waals surface area contributed by atoms with Gasteiger partial charge in [0.05, 0.1) is 16.3 Å². The van der Waals surface area contributed by atoms with Gasteiger partial charge in [-0.2, -0.15) is 23.4 Å². The molecule has 4 aromatic heterocycles. The van der Waals surface area contributed by atoms with Crippen LogP contribution in [0.4, 0.5) is 18.9 Å². The van der Waals surface area contributed by atoms with Crippen LogP contribution in [0, 0.1) is 5.92 Å². The van der Waals surface area contributed by atoms with Crippen LogP contribution in [0.5, 0.6) is 0 Å². The number of alkyl halides is 3. The first kappa shape index (κ1) is 24.4. The van der Waals surface area contributed by atoms with E-state index in [9.17, 15) is 22.8 Å². The Morgan fingerprint density at radius 1 is 1.17 bits per heavy atom. The average Bonchev–Trinajstić information content (AvgIpc) is 3.55. The first-order chi connectivity index (χ1) is 16.6. The minimum absolute atomic E-state index is 0.00120. The van der Waals surface area contributed by atoms with E-state index in [0.717, 1.165) is 6.07 Å². The maximum absolute atomic E-state index is 13.8. The molecule has 0 radical (unpaired) electrons. The average molecular weight is 506 g/mol. The molecule has 0 atom stereocenters. The summed E-state index contributed by atoms with van der Waals surface area (Å²) in [4.78, 5) is 30.3. The molecule has 2 N–H and O–H groups in total. The van der Waals surface area contributed by atoms with E-state index in [1.165, 1.54) is 28.3 Å². The molecule has 4 rings (SSSR count). The van der Waals surface area contributed by atoms with Crippen molar-refractivity contribution in [2.45, 2.75) is 33.5 Å². The highest BCUT2D eigenvalue weighted by atomic mass is 32.1. The Morgan fingerprint density at radius 3 is 2.57 bits per heavy atom. The molecule has 9 nitrogen and oxygen atoms in total. The maximum Gasteiger partial charge on any atom is 0.433 e. The summed E-state index contributed by atoms with van der Waals surface area (Å²) in [6.07, 6.45) is -3.25.